The van der Waals surface area contributed by atoms with Crippen LogP contribution >= 0.6 is 7.37 Å². The monoisotopic (exact) mass is 945 g/mol. The summed E-state index contributed by atoms with van der Waals surface area (Å²) in [5.74, 6) is -0.567. The van der Waals surface area contributed by atoms with Gasteiger partial charge in [-0.3, -0.25) is 9.36 Å². The molecule has 0 rings (SSSR count). The highest BCUT2D eigenvalue weighted by molar-refractivity contribution is 7.57. The Morgan fingerprint density at radius 1 is 0.492 bits per heavy atom. The molecule has 0 radical (unpaired) electrons. The second-order valence-corrected chi connectivity index (χ2v) is 19.0. The van der Waals surface area contributed by atoms with E-state index >= 15 is 0 Å². The molecule has 0 unspecified atom stereocenters. The van der Waals surface area contributed by atoms with Gasteiger partial charge in [0.05, 0.1) is 116 Å². The zero-order valence-electron chi connectivity index (χ0n) is 44.2. The van der Waals surface area contributed by atoms with E-state index in [9.17, 15) is 9.36 Å². The van der Waals surface area contributed by atoms with Gasteiger partial charge in [0.25, 0.3) is 0 Å². The Balaban J connectivity index is -0.000000119. The summed E-state index contributed by atoms with van der Waals surface area (Å²) in [4.78, 5) is 11.2. The molecule has 0 spiro atoms. The molecule has 16 nitrogen and oxygen atoms in total. The molecule has 0 aliphatic rings. The Bertz CT molecular complexity index is 878. The molecule has 17 heteroatoms. The Hall–Kier alpha value is -0.820. The summed E-state index contributed by atoms with van der Waals surface area (Å²) in [6.45, 7) is 45.3. The molecule has 0 aliphatic carbocycles. The molecule has 390 valence electrons. The van der Waals surface area contributed by atoms with E-state index < -0.39 is 32.0 Å². The minimum atomic E-state index is -2.22. The van der Waals surface area contributed by atoms with E-state index in [1.807, 2.05) is 76.2 Å². The number of hydrogen-bond donors (Lipinski definition) is 4. The maximum absolute atomic E-state index is 11.2. The van der Waals surface area contributed by atoms with Gasteiger partial charge in [0.1, 0.15) is 5.41 Å². The highest BCUT2D eigenvalue weighted by atomic mass is 31.2. The van der Waals surface area contributed by atoms with Crippen LogP contribution in [0.3, 0.4) is 0 Å². The van der Waals surface area contributed by atoms with Crippen LogP contribution in [0.25, 0.3) is 0 Å². The van der Waals surface area contributed by atoms with Crippen molar-refractivity contribution in [1.82, 2.24) is 0 Å². The Morgan fingerprint density at radius 3 is 1.00 bits per heavy atom. The second-order valence-electron chi connectivity index (χ2n) is 16.3. The molecular formula is C46H105O16P. The van der Waals surface area contributed by atoms with Crippen LogP contribution in [0.5, 0.6) is 0 Å². The maximum atomic E-state index is 11.2. The molecule has 63 heavy (non-hydrogen) atoms. The smallest absolute Gasteiger partial charge is 0.316 e. The molecule has 0 aromatic heterocycles. The summed E-state index contributed by atoms with van der Waals surface area (Å²) in [6, 6.07) is 0. The first kappa shape index (κ1) is 76.4. The summed E-state index contributed by atoms with van der Waals surface area (Å²) >= 11 is 0. The van der Waals surface area contributed by atoms with Gasteiger partial charge in [-0.25, -0.2) is 0 Å². The number of carbonyl (C=O) groups excluding carboxylic acids is 1. The van der Waals surface area contributed by atoms with Crippen molar-refractivity contribution in [2.75, 3.05) is 112 Å². The van der Waals surface area contributed by atoms with Gasteiger partial charge in [-0.05, 0) is 124 Å². The minimum Gasteiger partial charge on any atom is -0.462 e. The van der Waals surface area contributed by atoms with Gasteiger partial charge >= 0.3 is 5.97 Å². The largest absolute Gasteiger partial charge is 0.462 e. The molecule has 0 aliphatic heterocycles. The summed E-state index contributed by atoms with van der Waals surface area (Å²) in [6.07, 6.45) is 3.02. The van der Waals surface area contributed by atoms with E-state index in [0.717, 1.165) is 45.9 Å². The number of carbonyl (C=O) groups is 1. The third-order valence-electron chi connectivity index (χ3n) is 5.85. The van der Waals surface area contributed by atoms with Gasteiger partial charge in [-0.2, -0.15) is 0 Å². The van der Waals surface area contributed by atoms with Crippen LogP contribution in [0.2, 0.25) is 0 Å². The number of hydrogen-bond acceptors (Lipinski definition) is 16. The average molecular weight is 945 g/mol. The van der Waals surface area contributed by atoms with Crippen molar-refractivity contribution in [3.63, 3.8) is 0 Å². The normalized spacial score (nSPS) is 11.1. The lowest BCUT2D eigenvalue weighted by molar-refractivity contribution is -0.164. The van der Waals surface area contributed by atoms with Crippen LogP contribution < -0.4 is 0 Å². The summed E-state index contributed by atoms with van der Waals surface area (Å²) in [5, 5.41) is 33.9. The molecule has 0 aromatic rings. The summed E-state index contributed by atoms with van der Waals surface area (Å²) < 4.78 is 62.2. The van der Waals surface area contributed by atoms with E-state index in [1.165, 1.54) is 6.92 Å². The Labute approximate surface area is 387 Å². The van der Waals surface area contributed by atoms with Crippen molar-refractivity contribution in [3.8, 4) is 0 Å². The number of ether oxygens (including phenoxy) is 9. The van der Waals surface area contributed by atoms with E-state index in [2.05, 4.69) is 13.8 Å². The molecule has 0 atom stereocenters. The second kappa shape index (κ2) is 57.3. The molecule has 0 saturated heterocycles. The van der Waals surface area contributed by atoms with Crippen LogP contribution in [0, 0.1) is 5.41 Å². The molecule has 0 heterocycles. The highest BCUT2D eigenvalue weighted by Crippen LogP contribution is 2.38. The lowest BCUT2D eigenvalue weighted by Gasteiger charge is -2.23. The maximum Gasteiger partial charge on any atom is 0.316 e. The lowest BCUT2D eigenvalue weighted by Crippen LogP contribution is -2.38. The minimum absolute atomic E-state index is 0.0795. The fraction of sp³-hybridized carbons (Fsp3) is 0.978. The zero-order chi connectivity index (χ0) is 50.7. The molecule has 0 bridgehead atoms. The van der Waals surface area contributed by atoms with E-state index in [-0.39, 0.29) is 31.0 Å². The molecule has 4 N–H and O–H groups in total. The molecule has 0 aromatic carbocycles. The average Bonchev–Trinajstić information content (AvgIpc) is 3.16. The quantitative estimate of drug-likeness (QED) is 0.0320. The molecule has 0 amide bonds. The van der Waals surface area contributed by atoms with Crippen LogP contribution in [-0.4, -0.2) is 182 Å². The number of esters is 1. The number of aliphatic hydroxyl groups is 4. The first-order valence-corrected chi connectivity index (χ1v) is 25.4. The van der Waals surface area contributed by atoms with Crippen molar-refractivity contribution >= 4 is 13.3 Å². The van der Waals surface area contributed by atoms with Crippen molar-refractivity contribution in [3.05, 3.63) is 0 Å². The van der Waals surface area contributed by atoms with Gasteiger partial charge in [0.2, 0.25) is 0 Å². The van der Waals surface area contributed by atoms with E-state index in [1.54, 1.807) is 41.0 Å². The van der Waals surface area contributed by atoms with Crippen LogP contribution in [0.1, 0.15) is 137 Å². The Morgan fingerprint density at radius 2 is 0.794 bits per heavy atom. The lowest BCUT2D eigenvalue weighted by atomic mass is 9.93. The Kier molecular flexibility index (Phi) is 69.5. The van der Waals surface area contributed by atoms with Crippen LogP contribution in [-0.2, 0) is 56.5 Å². The van der Waals surface area contributed by atoms with Gasteiger partial charge in [-0.15, -0.1) is 0 Å². The summed E-state index contributed by atoms with van der Waals surface area (Å²) in [7, 11) is -2.22. The fourth-order valence-corrected chi connectivity index (χ4v) is 4.23. The third-order valence-corrected chi connectivity index (χ3v) is 6.78. The van der Waals surface area contributed by atoms with Gasteiger partial charge in [-0.1, -0.05) is 13.8 Å². The van der Waals surface area contributed by atoms with Crippen molar-refractivity contribution in [2.45, 2.75) is 180 Å². The zero-order valence-corrected chi connectivity index (χ0v) is 45.1. The molecule has 0 fully saturated rings. The van der Waals surface area contributed by atoms with Crippen molar-refractivity contribution in [1.29, 1.82) is 0 Å². The first-order valence-electron chi connectivity index (χ1n) is 22.9. The topological polar surface area (TPSA) is 207 Å². The molecular weight excluding hydrogens is 839 g/mol. The van der Waals surface area contributed by atoms with Crippen LogP contribution in [0.4, 0.5) is 0 Å². The van der Waals surface area contributed by atoms with Gasteiger partial charge in [0, 0.05) is 39.3 Å². The highest BCUT2D eigenvalue weighted by Gasteiger charge is 2.34. The predicted octanol–water partition coefficient (Wildman–Crippen LogP) is 7.81. The predicted molar refractivity (Wildman–Crippen MR) is 258 cm³/mol. The van der Waals surface area contributed by atoms with E-state index in [0.29, 0.717) is 64.6 Å². The van der Waals surface area contributed by atoms with Gasteiger partial charge < -0.3 is 67.6 Å². The fourth-order valence-electron chi connectivity index (χ4n) is 3.22. The SMILES string of the molecule is CC(C)O.CC(C)OC(=O)C(C)(CO)CO.CC(C)OCCO.CC(C)OP(C)(C)=O.CCCOCCOC(C)C.CCCOCCOCCOC(C)C.CCOCCOC(C)C. The summed E-state index contributed by atoms with van der Waals surface area (Å²) in [5.41, 5.74) is -1.18. The number of rotatable bonds is 29. The third kappa shape index (κ3) is 96.3. The van der Waals surface area contributed by atoms with Gasteiger partial charge in [0.15, 0.2) is 7.37 Å². The first-order chi connectivity index (χ1) is 29.2. The van der Waals surface area contributed by atoms with Crippen molar-refractivity contribution < 1.29 is 76.9 Å². The van der Waals surface area contributed by atoms with Crippen LogP contribution in [0.15, 0.2) is 0 Å². The number of aliphatic hydroxyl groups excluding tert-OH is 4. The van der Waals surface area contributed by atoms with E-state index in [4.69, 9.17) is 67.6 Å². The van der Waals surface area contributed by atoms with Crippen molar-refractivity contribution in [2.24, 2.45) is 5.41 Å². The molecule has 0 saturated carbocycles. The standard InChI is InChI=1S/C10H22O3.C8H16O4.C8H18O2.C7H16O2.C5H13O2P.C5H12O2.C3H8O/c1-4-5-11-6-7-12-8-9-13-10(2)3;1-6(2)12-7(11)8(3,4-9)5-10;1-4-5-9-6-7-10-8(2)3;1-4-8-5-6-9-7(2)3;1-5(2)7-8(3,4)6;1-5(2)7-4-3-6;1-3(2)4/h10H,4-9H2,1-3H3;6,9-10H,4-5H2,1-3H3;8H,4-7H2,1-3H3;7H,4-6H2,1-3H3;5H,1-4H3;5-6H,3-4H2,1-2H3;3-4H,1-2H3.